The number of carbonyl (C=O) groups is 2. The van der Waals surface area contributed by atoms with Crippen molar-refractivity contribution in [3.05, 3.63) is 27.3 Å². The molecule has 5 heteroatoms. The number of hydrogen-bond acceptors (Lipinski definition) is 4. The maximum Gasteiger partial charge on any atom is 0.343 e. The van der Waals surface area contributed by atoms with E-state index in [9.17, 15) is 9.59 Å². The van der Waals surface area contributed by atoms with Gasteiger partial charge in [0.2, 0.25) is 0 Å². The number of esters is 2. The van der Waals surface area contributed by atoms with E-state index in [4.69, 9.17) is 9.47 Å². The van der Waals surface area contributed by atoms with Gasteiger partial charge in [-0.3, -0.25) is 0 Å². The van der Waals surface area contributed by atoms with Gasteiger partial charge in [-0.25, -0.2) is 9.59 Å². The SMILES string of the molecule is CCC(C)(C)c1c2c(pc(C(=O)OC)c1C(=O)OC)CCCCCC2. The molecule has 25 heavy (non-hydrogen) atoms. The van der Waals surface area contributed by atoms with Crippen molar-refractivity contribution >= 4 is 20.1 Å². The first-order chi connectivity index (χ1) is 11.9. The molecule has 0 unspecified atom stereocenters. The van der Waals surface area contributed by atoms with Crippen molar-refractivity contribution in [2.75, 3.05) is 14.2 Å². The van der Waals surface area contributed by atoms with Crippen LogP contribution in [0, 0.1) is 0 Å². The third kappa shape index (κ3) is 4.06. The summed E-state index contributed by atoms with van der Waals surface area (Å²) in [4.78, 5) is 25.1. The number of methoxy groups -OCH3 is 2. The van der Waals surface area contributed by atoms with Crippen LogP contribution >= 0.6 is 8.19 Å². The molecule has 0 saturated carbocycles. The quantitative estimate of drug-likeness (QED) is 0.690. The Bertz CT molecular complexity index is 664. The molecule has 2 rings (SSSR count). The van der Waals surface area contributed by atoms with Crippen LogP contribution in [0.15, 0.2) is 0 Å². The van der Waals surface area contributed by atoms with Crippen LogP contribution in [0.2, 0.25) is 0 Å². The number of fused-ring (bicyclic) bond motifs is 1. The third-order valence-electron chi connectivity index (χ3n) is 5.30. The van der Waals surface area contributed by atoms with Crippen LogP contribution in [0.25, 0.3) is 0 Å². The topological polar surface area (TPSA) is 52.6 Å². The minimum atomic E-state index is -0.432. The van der Waals surface area contributed by atoms with Crippen molar-refractivity contribution in [3.63, 3.8) is 0 Å². The average Bonchev–Trinajstić information content (AvgIpc) is 2.59. The van der Waals surface area contributed by atoms with Gasteiger partial charge in [0, 0.05) is 0 Å². The fraction of sp³-hybridized carbons (Fsp3) is 0.650. The van der Waals surface area contributed by atoms with Crippen molar-refractivity contribution < 1.29 is 19.1 Å². The lowest BCUT2D eigenvalue weighted by Gasteiger charge is -2.31. The van der Waals surface area contributed by atoms with Gasteiger partial charge in [0.1, 0.15) is 5.30 Å². The molecule has 0 fully saturated rings. The monoisotopic (exact) mass is 364 g/mol. The van der Waals surface area contributed by atoms with Crippen molar-refractivity contribution in [3.8, 4) is 0 Å². The van der Waals surface area contributed by atoms with E-state index in [1.165, 1.54) is 37.9 Å². The van der Waals surface area contributed by atoms with Crippen LogP contribution in [0.1, 0.15) is 89.7 Å². The van der Waals surface area contributed by atoms with Crippen LogP contribution in [-0.4, -0.2) is 26.2 Å². The summed E-state index contributed by atoms with van der Waals surface area (Å²) in [5, 5.41) is 1.72. The maximum atomic E-state index is 12.7. The van der Waals surface area contributed by atoms with Crippen LogP contribution < -0.4 is 0 Å². The number of ether oxygens (including phenoxy) is 2. The summed E-state index contributed by atoms with van der Waals surface area (Å²) >= 11 is 0. The van der Waals surface area contributed by atoms with Gasteiger partial charge < -0.3 is 9.47 Å². The van der Waals surface area contributed by atoms with Gasteiger partial charge in [0.15, 0.2) is 0 Å². The van der Waals surface area contributed by atoms with Crippen molar-refractivity contribution in [2.45, 2.75) is 71.1 Å². The average molecular weight is 364 g/mol. The first-order valence-corrected chi connectivity index (χ1v) is 9.99. The molecular weight excluding hydrogens is 335 g/mol. The molecule has 0 saturated heterocycles. The lowest BCUT2D eigenvalue weighted by Crippen LogP contribution is -2.26. The molecule has 0 bridgehead atoms. The summed E-state index contributed by atoms with van der Waals surface area (Å²) in [6.07, 6.45) is 7.53. The summed E-state index contributed by atoms with van der Waals surface area (Å²) in [6, 6.07) is 0. The zero-order valence-electron chi connectivity index (χ0n) is 16.0. The highest BCUT2D eigenvalue weighted by Gasteiger charge is 2.34. The van der Waals surface area contributed by atoms with E-state index in [1.54, 1.807) is 0 Å². The van der Waals surface area contributed by atoms with Crippen molar-refractivity contribution in [1.82, 2.24) is 0 Å². The van der Waals surface area contributed by atoms with E-state index in [2.05, 4.69) is 20.8 Å². The van der Waals surface area contributed by atoms with Gasteiger partial charge >= 0.3 is 11.9 Å². The van der Waals surface area contributed by atoms with Crippen LogP contribution in [0.4, 0.5) is 0 Å². The normalized spacial score (nSPS) is 15.2. The summed E-state index contributed by atoms with van der Waals surface area (Å²) in [6.45, 7) is 6.41. The van der Waals surface area contributed by atoms with E-state index in [0.29, 0.717) is 10.9 Å². The highest BCUT2D eigenvalue weighted by Crippen LogP contribution is 2.43. The molecule has 0 aromatic carbocycles. The third-order valence-corrected chi connectivity index (χ3v) is 6.70. The van der Waals surface area contributed by atoms with Crippen LogP contribution in [0.5, 0.6) is 0 Å². The summed E-state index contributed by atoms with van der Waals surface area (Å²) in [5.41, 5.74) is 2.50. The zero-order valence-corrected chi connectivity index (χ0v) is 16.9. The molecule has 0 spiro atoms. The molecule has 0 aliphatic heterocycles. The Morgan fingerprint density at radius 1 is 1.00 bits per heavy atom. The Morgan fingerprint density at radius 2 is 1.60 bits per heavy atom. The van der Waals surface area contributed by atoms with Gasteiger partial charge in [-0.2, -0.15) is 0 Å². The van der Waals surface area contributed by atoms with Crippen LogP contribution in [0.3, 0.4) is 0 Å². The Kier molecular flexibility index (Phi) is 6.62. The molecular formula is C20H29O4P. The van der Waals surface area contributed by atoms with E-state index >= 15 is 0 Å². The summed E-state index contributed by atoms with van der Waals surface area (Å²) < 4.78 is 10.1. The second kappa shape index (κ2) is 8.31. The van der Waals surface area contributed by atoms with Gasteiger partial charge in [0.05, 0.1) is 19.8 Å². The Labute approximate surface area is 152 Å². The standard InChI is InChI=1S/C20H29O4P/c1-6-20(2,3)16-13-11-9-7-8-10-12-14(13)25-17(19(22)24-5)15(16)18(21)23-4/h6-12H2,1-5H3. The fourth-order valence-corrected chi connectivity index (χ4v) is 4.96. The Hall–Kier alpha value is -1.41. The van der Waals surface area contributed by atoms with E-state index < -0.39 is 11.9 Å². The van der Waals surface area contributed by atoms with E-state index in [0.717, 1.165) is 45.9 Å². The molecule has 138 valence electrons. The minimum Gasteiger partial charge on any atom is -0.465 e. The number of aryl methyl sites for hydroxylation is 1. The number of rotatable bonds is 4. The summed E-state index contributed by atoms with van der Waals surface area (Å²) in [7, 11) is 3.55. The molecule has 1 aliphatic rings. The van der Waals surface area contributed by atoms with Gasteiger partial charge in [0.25, 0.3) is 0 Å². The molecule has 0 amide bonds. The molecule has 1 aliphatic carbocycles. The molecule has 0 N–H and O–H groups in total. The molecule has 0 radical (unpaired) electrons. The Balaban J connectivity index is 2.87. The van der Waals surface area contributed by atoms with Crippen LogP contribution in [-0.2, 0) is 27.7 Å². The first kappa shape index (κ1) is 19.9. The first-order valence-electron chi connectivity index (χ1n) is 9.10. The second-order valence-electron chi connectivity index (χ2n) is 7.27. The molecule has 4 nitrogen and oxygen atoms in total. The molecule has 0 atom stereocenters. The predicted octanol–water partition coefficient (Wildman–Crippen LogP) is 5.19. The highest BCUT2D eigenvalue weighted by molar-refractivity contribution is 7.33. The minimum absolute atomic E-state index is 0.210. The van der Waals surface area contributed by atoms with E-state index in [1.807, 2.05) is 0 Å². The second-order valence-corrected chi connectivity index (χ2v) is 8.48. The summed E-state index contributed by atoms with van der Waals surface area (Å²) in [5.74, 6) is -0.863. The van der Waals surface area contributed by atoms with Crippen molar-refractivity contribution in [1.29, 1.82) is 0 Å². The molecule has 1 aromatic heterocycles. The lowest BCUT2D eigenvalue weighted by molar-refractivity contribution is 0.0557. The lowest BCUT2D eigenvalue weighted by atomic mass is 9.75. The Morgan fingerprint density at radius 3 is 2.16 bits per heavy atom. The molecule has 1 heterocycles. The van der Waals surface area contributed by atoms with Gasteiger partial charge in [-0.05, 0) is 53.9 Å². The number of hydrogen-bond donors (Lipinski definition) is 0. The maximum absolute atomic E-state index is 12.7. The van der Waals surface area contributed by atoms with Gasteiger partial charge in [-0.15, -0.1) is 0 Å². The zero-order chi connectivity index (χ0) is 18.6. The predicted molar refractivity (Wildman–Crippen MR) is 101 cm³/mol. The molecule has 1 aromatic rings. The van der Waals surface area contributed by atoms with Crippen molar-refractivity contribution in [2.24, 2.45) is 0 Å². The largest absolute Gasteiger partial charge is 0.465 e. The van der Waals surface area contributed by atoms with E-state index in [-0.39, 0.29) is 5.41 Å². The fourth-order valence-electron chi connectivity index (χ4n) is 3.56. The number of carbonyl (C=O) groups excluding carboxylic acids is 2. The van der Waals surface area contributed by atoms with Gasteiger partial charge in [-0.1, -0.05) is 41.8 Å². The highest BCUT2D eigenvalue weighted by atomic mass is 31.0. The smallest absolute Gasteiger partial charge is 0.343 e.